The zero-order valence-electron chi connectivity index (χ0n) is 19.3. The van der Waals surface area contributed by atoms with E-state index in [1.807, 2.05) is 0 Å². The Bertz CT molecular complexity index is 868. The Hall–Kier alpha value is -2.48. The number of carbonyl (C=O) groups excluding carboxylic acids is 1. The van der Waals surface area contributed by atoms with E-state index in [2.05, 4.69) is 5.32 Å². The average molecular weight is 493 g/mol. The van der Waals surface area contributed by atoms with E-state index in [1.54, 1.807) is 20.8 Å². The summed E-state index contributed by atoms with van der Waals surface area (Å²) in [6.45, 7) is 6.99. The summed E-state index contributed by atoms with van der Waals surface area (Å²) in [5.41, 5.74) is -0.864. The second-order valence-corrected chi connectivity index (χ2v) is 9.78. The minimum atomic E-state index is -3.69. The maximum atomic E-state index is 12.4. The predicted octanol–water partition coefficient (Wildman–Crippen LogP) is 1.95. The molecule has 0 bridgehead atoms. The van der Waals surface area contributed by atoms with E-state index >= 15 is 0 Å². The van der Waals surface area contributed by atoms with Crippen LogP contribution in [0.25, 0.3) is 0 Å². The number of hydrogen-bond donors (Lipinski definition) is 1. The van der Waals surface area contributed by atoms with E-state index in [1.165, 1.54) is 13.2 Å². The van der Waals surface area contributed by atoms with Gasteiger partial charge in [-0.3, -0.25) is 10.1 Å². The third-order valence-corrected chi connectivity index (χ3v) is 5.54. The van der Waals surface area contributed by atoms with Gasteiger partial charge in [0.05, 0.1) is 62.3 Å². The first-order valence-corrected chi connectivity index (χ1v) is 11.9. The first-order chi connectivity index (χ1) is 15.5. The molecule has 0 aliphatic rings. The van der Waals surface area contributed by atoms with Crippen LogP contribution in [0.4, 0.5) is 10.5 Å². The Morgan fingerprint density at radius 2 is 1.61 bits per heavy atom. The minimum absolute atomic E-state index is 0.0577. The standard InChI is InChI=1S/C20H32N2O10S/c1-20(2,3)32-19(23)21-7-8-29-9-10-30-11-12-31-13-14-33(26,27)16-5-6-17(22(24)25)18(15-16)28-4/h5-6,15H,7-14H2,1-4H3,(H,21,23). The first kappa shape index (κ1) is 28.6. The number of nitro groups is 1. The Balaban J connectivity index is 2.13. The van der Waals surface area contributed by atoms with Gasteiger partial charge in [0.2, 0.25) is 0 Å². The molecule has 1 aromatic rings. The van der Waals surface area contributed by atoms with E-state index in [9.17, 15) is 23.3 Å². The minimum Gasteiger partial charge on any atom is -0.490 e. The lowest BCUT2D eigenvalue weighted by Crippen LogP contribution is -2.34. The molecule has 0 atom stereocenters. The van der Waals surface area contributed by atoms with Crippen LogP contribution in [0.3, 0.4) is 0 Å². The number of nitro benzene ring substituents is 1. The van der Waals surface area contributed by atoms with Crippen molar-refractivity contribution in [2.75, 3.05) is 59.0 Å². The highest BCUT2D eigenvalue weighted by atomic mass is 32.2. The van der Waals surface area contributed by atoms with Crippen LogP contribution < -0.4 is 10.1 Å². The fourth-order valence-electron chi connectivity index (χ4n) is 2.37. The monoisotopic (exact) mass is 492 g/mol. The van der Waals surface area contributed by atoms with Crippen molar-refractivity contribution in [2.45, 2.75) is 31.3 Å². The summed E-state index contributed by atoms with van der Waals surface area (Å²) >= 11 is 0. The molecule has 0 saturated heterocycles. The maximum absolute atomic E-state index is 12.4. The third-order valence-electron chi connectivity index (χ3n) is 3.86. The van der Waals surface area contributed by atoms with Crippen LogP contribution in [0.5, 0.6) is 5.75 Å². The summed E-state index contributed by atoms with van der Waals surface area (Å²) in [7, 11) is -2.46. The van der Waals surface area contributed by atoms with Crippen molar-refractivity contribution in [3.05, 3.63) is 28.3 Å². The molecule has 0 aliphatic heterocycles. The number of hydrogen-bond acceptors (Lipinski definition) is 10. The Kier molecular flexibility index (Phi) is 12.1. The quantitative estimate of drug-likeness (QED) is 0.218. The highest BCUT2D eigenvalue weighted by molar-refractivity contribution is 7.91. The molecule has 33 heavy (non-hydrogen) atoms. The lowest BCUT2D eigenvalue weighted by molar-refractivity contribution is -0.385. The Morgan fingerprint density at radius 1 is 1.03 bits per heavy atom. The topological polar surface area (TPSA) is 153 Å². The Labute approximate surface area is 193 Å². The van der Waals surface area contributed by atoms with Crippen LogP contribution in [0.1, 0.15) is 20.8 Å². The SMILES string of the molecule is COc1cc(S(=O)(=O)CCOCCOCCOCCNC(=O)OC(C)(C)C)ccc1[N+](=O)[O-]. The maximum Gasteiger partial charge on any atom is 0.407 e. The van der Waals surface area contributed by atoms with Crippen molar-refractivity contribution < 1.29 is 41.8 Å². The fraction of sp³-hybridized carbons (Fsp3) is 0.650. The lowest BCUT2D eigenvalue weighted by atomic mass is 10.2. The summed E-state index contributed by atoms with van der Waals surface area (Å²) in [5, 5.41) is 13.5. The highest BCUT2D eigenvalue weighted by Gasteiger charge is 2.21. The molecule has 0 unspecified atom stereocenters. The molecule has 13 heteroatoms. The van der Waals surface area contributed by atoms with E-state index in [0.29, 0.717) is 26.4 Å². The van der Waals surface area contributed by atoms with Gasteiger partial charge in [0.15, 0.2) is 15.6 Å². The number of benzene rings is 1. The second kappa shape index (κ2) is 13.9. The van der Waals surface area contributed by atoms with Crippen molar-refractivity contribution >= 4 is 21.6 Å². The number of alkyl carbamates (subject to hydrolysis) is 1. The molecular weight excluding hydrogens is 460 g/mol. The van der Waals surface area contributed by atoms with Crippen LogP contribution in [0.2, 0.25) is 0 Å². The molecular formula is C20H32N2O10S. The average Bonchev–Trinajstić information content (AvgIpc) is 2.72. The van der Waals surface area contributed by atoms with E-state index in [4.69, 9.17) is 23.7 Å². The molecule has 0 saturated carbocycles. The molecule has 0 heterocycles. The summed E-state index contributed by atoms with van der Waals surface area (Å²) in [4.78, 5) is 21.6. The van der Waals surface area contributed by atoms with Crippen LogP contribution in [0.15, 0.2) is 23.1 Å². The number of sulfone groups is 1. The van der Waals surface area contributed by atoms with Gasteiger partial charge >= 0.3 is 11.8 Å². The van der Waals surface area contributed by atoms with Gasteiger partial charge in [0.25, 0.3) is 0 Å². The van der Waals surface area contributed by atoms with Gasteiger partial charge in [-0.05, 0) is 26.8 Å². The van der Waals surface area contributed by atoms with Gasteiger partial charge in [-0.2, -0.15) is 0 Å². The highest BCUT2D eigenvalue weighted by Crippen LogP contribution is 2.29. The molecule has 0 aromatic heterocycles. The van der Waals surface area contributed by atoms with Crippen molar-refractivity contribution in [1.29, 1.82) is 0 Å². The normalized spacial score (nSPS) is 11.8. The summed E-state index contributed by atoms with van der Waals surface area (Å²) in [6.07, 6.45) is -0.505. The zero-order valence-corrected chi connectivity index (χ0v) is 20.1. The summed E-state index contributed by atoms with van der Waals surface area (Å²) in [6, 6.07) is 3.39. The van der Waals surface area contributed by atoms with Crippen molar-refractivity contribution in [3.63, 3.8) is 0 Å². The zero-order chi connectivity index (χ0) is 24.9. The van der Waals surface area contributed by atoms with E-state index in [0.717, 1.165) is 12.1 Å². The summed E-state index contributed by atoms with van der Waals surface area (Å²) in [5.74, 6) is -0.417. The van der Waals surface area contributed by atoms with Gasteiger partial charge in [0.1, 0.15) is 5.60 Å². The van der Waals surface area contributed by atoms with Gasteiger partial charge in [0, 0.05) is 18.7 Å². The lowest BCUT2D eigenvalue weighted by Gasteiger charge is -2.19. The second-order valence-electron chi connectivity index (χ2n) is 7.68. The molecule has 0 spiro atoms. The molecule has 0 aliphatic carbocycles. The number of rotatable bonds is 15. The van der Waals surface area contributed by atoms with Crippen molar-refractivity contribution in [3.8, 4) is 5.75 Å². The number of methoxy groups -OCH3 is 1. The number of nitrogens with one attached hydrogen (secondary N) is 1. The predicted molar refractivity (Wildman–Crippen MR) is 118 cm³/mol. The molecule has 188 valence electrons. The molecule has 1 amide bonds. The molecule has 1 N–H and O–H groups in total. The molecule has 0 radical (unpaired) electrons. The number of ether oxygens (including phenoxy) is 5. The van der Waals surface area contributed by atoms with Gasteiger partial charge < -0.3 is 29.0 Å². The number of carbonyl (C=O) groups is 1. The first-order valence-electron chi connectivity index (χ1n) is 10.2. The largest absolute Gasteiger partial charge is 0.490 e. The van der Waals surface area contributed by atoms with Crippen LogP contribution in [-0.2, 0) is 28.8 Å². The van der Waals surface area contributed by atoms with Crippen LogP contribution in [-0.4, -0.2) is 84.1 Å². The fourth-order valence-corrected chi connectivity index (χ4v) is 3.50. The molecule has 1 rings (SSSR count). The van der Waals surface area contributed by atoms with Gasteiger partial charge in [-0.1, -0.05) is 0 Å². The molecule has 0 fully saturated rings. The van der Waals surface area contributed by atoms with E-state index in [-0.39, 0.29) is 41.9 Å². The number of amides is 1. The Morgan fingerprint density at radius 3 is 2.15 bits per heavy atom. The van der Waals surface area contributed by atoms with Crippen LogP contribution >= 0.6 is 0 Å². The third kappa shape index (κ3) is 11.8. The van der Waals surface area contributed by atoms with Crippen molar-refractivity contribution in [2.24, 2.45) is 0 Å². The number of nitrogens with zero attached hydrogens (tertiary/aromatic N) is 1. The van der Waals surface area contributed by atoms with Crippen molar-refractivity contribution in [1.82, 2.24) is 5.32 Å². The summed E-state index contributed by atoms with van der Waals surface area (Å²) < 4.78 is 50.6. The smallest absolute Gasteiger partial charge is 0.407 e. The van der Waals surface area contributed by atoms with Gasteiger partial charge in [-0.25, -0.2) is 13.2 Å². The van der Waals surface area contributed by atoms with Crippen LogP contribution in [0, 0.1) is 10.1 Å². The van der Waals surface area contributed by atoms with E-state index < -0.39 is 26.5 Å². The molecule has 1 aromatic carbocycles. The van der Waals surface area contributed by atoms with Gasteiger partial charge in [-0.15, -0.1) is 0 Å². The molecule has 12 nitrogen and oxygen atoms in total.